The van der Waals surface area contributed by atoms with Gasteiger partial charge in [0.25, 0.3) is 0 Å². The Morgan fingerprint density at radius 3 is 2.88 bits per heavy atom. The Morgan fingerprint density at radius 1 is 1.50 bits per heavy atom. The summed E-state index contributed by atoms with van der Waals surface area (Å²) in [7, 11) is 0. The molecule has 1 unspecified atom stereocenters. The predicted octanol–water partition coefficient (Wildman–Crippen LogP) is 4.40. The zero-order valence-electron chi connectivity index (χ0n) is 9.47. The van der Waals surface area contributed by atoms with Crippen LogP contribution >= 0.6 is 34.2 Å². The topological polar surface area (TPSA) is 12.0 Å². The molecule has 0 amide bonds. The molecule has 0 heterocycles. The summed E-state index contributed by atoms with van der Waals surface area (Å²) in [6.45, 7) is 3.30. The summed E-state index contributed by atoms with van der Waals surface area (Å²) in [5.74, 6) is 0.818. The van der Waals surface area contributed by atoms with E-state index in [9.17, 15) is 0 Å². The maximum absolute atomic E-state index is 6.09. The van der Waals surface area contributed by atoms with E-state index in [2.05, 4.69) is 47.0 Å². The molecular formula is C13H17ClIN. The van der Waals surface area contributed by atoms with E-state index < -0.39 is 0 Å². The number of hydrogen-bond donors (Lipinski definition) is 1. The lowest BCUT2D eigenvalue weighted by atomic mass is 10.0. The van der Waals surface area contributed by atoms with Gasteiger partial charge in [-0.05, 0) is 78.1 Å². The molecule has 0 spiro atoms. The molecule has 16 heavy (non-hydrogen) atoms. The molecule has 1 atom stereocenters. The number of benzene rings is 1. The van der Waals surface area contributed by atoms with Gasteiger partial charge in [0.05, 0.1) is 0 Å². The molecule has 0 aliphatic heterocycles. The van der Waals surface area contributed by atoms with E-state index in [0.717, 1.165) is 17.5 Å². The van der Waals surface area contributed by atoms with Crippen LogP contribution in [0.15, 0.2) is 18.2 Å². The van der Waals surface area contributed by atoms with Crippen molar-refractivity contribution in [3.05, 3.63) is 32.4 Å². The van der Waals surface area contributed by atoms with E-state index in [1.165, 1.54) is 28.4 Å². The van der Waals surface area contributed by atoms with E-state index in [4.69, 9.17) is 11.6 Å². The van der Waals surface area contributed by atoms with Crippen molar-refractivity contribution in [1.29, 1.82) is 0 Å². The molecule has 3 heteroatoms. The number of nitrogens with one attached hydrogen (secondary N) is 1. The van der Waals surface area contributed by atoms with E-state index in [1.54, 1.807) is 0 Å². The van der Waals surface area contributed by atoms with E-state index in [1.807, 2.05) is 6.07 Å². The summed E-state index contributed by atoms with van der Waals surface area (Å²) >= 11 is 8.50. The fourth-order valence-electron chi connectivity index (χ4n) is 2.01. The Kier molecular flexibility index (Phi) is 4.50. The van der Waals surface area contributed by atoms with Crippen LogP contribution in [0.4, 0.5) is 0 Å². The van der Waals surface area contributed by atoms with Crippen LogP contribution in [0.1, 0.15) is 37.8 Å². The summed E-state index contributed by atoms with van der Waals surface area (Å²) < 4.78 is 1.32. The summed E-state index contributed by atoms with van der Waals surface area (Å²) in [6, 6.07) is 6.71. The number of rotatable bonds is 5. The molecule has 1 aromatic rings. The normalized spacial score (nSPS) is 17.4. The smallest absolute Gasteiger partial charge is 0.0410 e. The van der Waals surface area contributed by atoms with Crippen molar-refractivity contribution in [2.24, 2.45) is 5.92 Å². The van der Waals surface area contributed by atoms with Crippen molar-refractivity contribution in [2.75, 3.05) is 6.54 Å². The van der Waals surface area contributed by atoms with Crippen molar-refractivity contribution < 1.29 is 0 Å². The van der Waals surface area contributed by atoms with Gasteiger partial charge in [0.15, 0.2) is 0 Å². The van der Waals surface area contributed by atoms with Crippen LogP contribution in [0.5, 0.6) is 0 Å². The molecule has 1 fully saturated rings. The predicted molar refractivity (Wildman–Crippen MR) is 77.9 cm³/mol. The number of halogens is 2. The molecule has 88 valence electrons. The highest BCUT2D eigenvalue weighted by molar-refractivity contribution is 14.1. The second-order valence-electron chi connectivity index (χ2n) is 4.44. The third kappa shape index (κ3) is 3.11. The highest BCUT2D eigenvalue weighted by Gasteiger charge is 2.32. The van der Waals surface area contributed by atoms with Crippen LogP contribution in [-0.2, 0) is 0 Å². The standard InChI is InChI=1S/C13H17ClIN/c1-2-7-16-13(9-3-4-9)11-8-10(14)5-6-12(11)15/h5-6,8-9,13,16H,2-4,7H2,1H3. The van der Waals surface area contributed by atoms with Crippen molar-refractivity contribution in [3.8, 4) is 0 Å². The zero-order chi connectivity index (χ0) is 11.5. The van der Waals surface area contributed by atoms with E-state index in [-0.39, 0.29) is 0 Å². The fraction of sp³-hybridized carbons (Fsp3) is 0.538. The first-order valence-electron chi connectivity index (χ1n) is 5.90. The van der Waals surface area contributed by atoms with Gasteiger partial charge in [0.2, 0.25) is 0 Å². The maximum Gasteiger partial charge on any atom is 0.0410 e. The lowest BCUT2D eigenvalue weighted by Gasteiger charge is -2.20. The summed E-state index contributed by atoms with van der Waals surface area (Å²) in [6.07, 6.45) is 3.88. The Balaban J connectivity index is 2.19. The first-order valence-corrected chi connectivity index (χ1v) is 7.36. The van der Waals surface area contributed by atoms with Crippen molar-refractivity contribution >= 4 is 34.2 Å². The lowest BCUT2D eigenvalue weighted by molar-refractivity contribution is 0.479. The van der Waals surface area contributed by atoms with Gasteiger partial charge in [-0.25, -0.2) is 0 Å². The molecule has 1 aliphatic carbocycles. The summed E-state index contributed by atoms with van der Waals surface area (Å²) in [4.78, 5) is 0. The quantitative estimate of drug-likeness (QED) is 0.777. The SMILES string of the molecule is CCCNC(c1cc(Cl)ccc1I)C1CC1. The van der Waals surface area contributed by atoms with Gasteiger partial charge in [-0.1, -0.05) is 18.5 Å². The van der Waals surface area contributed by atoms with Crippen molar-refractivity contribution in [2.45, 2.75) is 32.2 Å². The largest absolute Gasteiger partial charge is 0.310 e. The molecule has 1 aliphatic rings. The molecule has 0 bridgehead atoms. The molecule has 0 radical (unpaired) electrons. The summed E-state index contributed by atoms with van der Waals surface area (Å²) in [5.41, 5.74) is 1.38. The van der Waals surface area contributed by atoms with Crippen LogP contribution < -0.4 is 5.32 Å². The van der Waals surface area contributed by atoms with Crippen molar-refractivity contribution in [3.63, 3.8) is 0 Å². The van der Waals surface area contributed by atoms with E-state index >= 15 is 0 Å². The second kappa shape index (κ2) is 5.69. The fourth-order valence-corrected chi connectivity index (χ4v) is 2.86. The molecule has 0 saturated heterocycles. The Hall–Kier alpha value is 0.200. The van der Waals surface area contributed by atoms with Crippen LogP contribution in [-0.4, -0.2) is 6.54 Å². The molecule has 1 aromatic carbocycles. The number of hydrogen-bond acceptors (Lipinski definition) is 1. The molecule has 1 N–H and O–H groups in total. The third-order valence-corrected chi connectivity index (χ3v) is 4.22. The van der Waals surface area contributed by atoms with Crippen LogP contribution in [0.2, 0.25) is 5.02 Å². The molecule has 1 saturated carbocycles. The van der Waals surface area contributed by atoms with Crippen molar-refractivity contribution in [1.82, 2.24) is 5.32 Å². The minimum Gasteiger partial charge on any atom is -0.310 e. The monoisotopic (exact) mass is 349 g/mol. The highest BCUT2D eigenvalue weighted by atomic mass is 127. The first-order chi connectivity index (χ1) is 7.72. The third-order valence-electron chi connectivity index (χ3n) is 3.00. The highest BCUT2D eigenvalue weighted by Crippen LogP contribution is 2.42. The van der Waals surface area contributed by atoms with Crippen LogP contribution in [0, 0.1) is 9.49 Å². The minimum absolute atomic E-state index is 0.505. The first kappa shape index (κ1) is 12.7. The van der Waals surface area contributed by atoms with Crippen LogP contribution in [0.3, 0.4) is 0 Å². The van der Waals surface area contributed by atoms with E-state index in [0.29, 0.717) is 6.04 Å². The van der Waals surface area contributed by atoms with Gasteiger partial charge in [-0.2, -0.15) is 0 Å². The Bertz CT molecular complexity index is 363. The lowest BCUT2D eigenvalue weighted by Crippen LogP contribution is -2.24. The second-order valence-corrected chi connectivity index (χ2v) is 6.03. The zero-order valence-corrected chi connectivity index (χ0v) is 12.4. The van der Waals surface area contributed by atoms with Gasteiger partial charge in [-0.3, -0.25) is 0 Å². The Labute approximate surface area is 116 Å². The average molecular weight is 350 g/mol. The van der Waals surface area contributed by atoms with Crippen LogP contribution in [0.25, 0.3) is 0 Å². The molecule has 2 rings (SSSR count). The van der Waals surface area contributed by atoms with Gasteiger partial charge in [0.1, 0.15) is 0 Å². The molecular weight excluding hydrogens is 333 g/mol. The minimum atomic E-state index is 0.505. The average Bonchev–Trinajstić information content (AvgIpc) is 3.08. The van der Waals surface area contributed by atoms with Gasteiger partial charge in [0, 0.05) is 14.6 Å². The Morgan fingerprint density at radius 2 is 2.25 bits per heavy atom. The summed E-state index contributed by atoms with van der Waals surface area (Å²) in [5, 5.41) is 4.50. The molecule has 0 aromatic heterocycles. The molecule has 1 nitrogen and oxygen atoms in total. The van der Waals surface area contributed by atoms with Gasteiger partial charge >= 0.3 is 0 Å². The van der Waals surface area contributed by atoms with Gasteiger partial charge < -0.3 is 5.32 Å². The maximum atomic E-state index is 6.09. The van der Waals surface area contributed by atoms with Gasteiger partial charge in [-0.15, -0.1) is 0 Å².